The standard InChI is InChI=1S/C16H13N3O5/c20-13-3-1-2-12(8-13)18-15(21)9-14(16(18)22)17-10-4-6-11(7-5-10)19(23)24/h1-8,14,17,20H,9H2. The van der Waals surface area contributed by atoms with Crippen LogP contribution < -0.4 is 10.2 Å². The van der Waals surface area contributed by atoms with Gasteiger partial charge >= 0.3 is 0 Å². The van der Waals surface area contributed by atoms with Gasteiger partial charge in [0.2, 0.25) is 5.91 Å². The van der Waals surface area contributed by atoms with Crippen molar-refractivity contribution in [3.63, 3.8) is 0 Å². The highest BCUT2D eigenvalue weighted by Gasteiger charge is 2.39. The van der Waals surface area contributed by atoms with Crippen molar-refractivity contribution in [2.75, 3.05) is 10.2 Å². The number of phenolic OH excluding ortho intramolecular Hbond substituents is 1. The average Bonchev–Trinajstić information content (AvgIpc) is 2.82. The summed E-state index contributed by atoms with van der Waals surface area (Å²) in [6.07, 6.45) is -0.0362. The van der Waals surface area contributed by atoms with Crippen LogP contribution in [0.3, 0.4) is 0 Å². The van der Waals surface area contributed by atoms with Crippen molar-refractivity contribution in [2.45, 2.75) is 12.5 Å². The van der Waals surface area contributed by atoms with Crippen LogP contribution in [0.1, 0.15) is 6.42 Å². The first kappa shape index (κ1) is 15.5. The highest BCUT2D eigenvalue weighted by Crippen LogP contribution is 2.27. The highest BCUT2D eigenvalue weighted by molar-refractivity contribution is 6.23. The molecule has 122 valence electrons. The molecule has 8 heteroatoms. The Morgan fingerprint density at radius 2 is 1.88 bits per heavy atom. The van der Waals surface area contributed by atoms with Gasteiger partial charge < -0.3 is 10.4 Å². The number of nitro groups is 1. The second kappa shape index (κ2) is 5.99. The second-order valence-corrected chi connectivity index (χ2v) is 5.29. The molecule has 1 atom stereocenters. The molecule has 0 aromatic heterocycles. The number of anilines is 2. The molecule has 0 radical (unpaired) electrons. The number of phenols is 1. The minimum absolute atomic E-state index is 0.0362. The summed E-state index contributed by atoms with van der Waals surface area (Å²) >= 11 is 0. The van der Waals surface area contributed by atoms with Crippen molar-refractivity contribution in [3.05, 3.63) is 58.6 Å². The van der Waals surface area contributed by atoms with Gasteiger partial charge in [0, 0.05) is 23.9 Å². The molecule has 2 aromatic carbocycles. The van der Waals surface area contributed by atoms with E-state index in [-0.39, 0.29) is 23.8 Å². The fraction of sp³-hybridized carbons (Fsp3) is 0.125. The molecule has 1 aliphatic rings. The Balaban J connectivity index is 1.77. The molecule has 3 rings (SSSR count). The summed E-state index contributed by atoms with van der Waals surface area (Å²) < 4.78 is 0. The largest absolute Gasteiger partial charge is 0.508 e. The van der Waals surface area contributed by atoms with Crippen LogP contribution in [0, 0.1) is 10.1 Å². The zero-order valence-corrected chi connectivity index (χ0v) is 12.4. The van der Waals surface area contributed by atoms with E-state index in [1.807, 2.05) is 0 Å². The second-order valence-electron chi connectivity index (χ2n) is 5.29. The number of non-ortho nitro benzene ring substituents is 1. The van der Waals surface area contributed by atoms with Gasteiger partial charge in [-0.3, -0.25) is 19.7 Å². The molecule has 2 N–H and O–H groups in total. The number of aromatic hydroxyl groups is 1. The summed E-state index contributed by atoms with van der Waals surface area (Å²) in [5.41, 5.74) is 0.748. The monoisotopic (exact) mass is 327 g/mol. The maximum atomic E-state index is 12.5. The van der Waals surface area contributed by atoms with E-state index in [4.69, 9.17) is 0 Å². The van der Waals surface area contributed by atoms with Crippen molar-refractivity contribution < 1.29 is 19.6 Å². The van der Waals surface area contributed by atoms with E-state index in [1.54, 1.807) is 12.1 Å². The molecule has 8 nitrogen and oxygen atoms in total. The zero-order valence-electron chi connectivity index (χ0n) is 12.4. The van der Waals surface area contributed by atoms with Gasteiger partial charge in [-0.25, -0.2) is 4.90 Å². The van der Waals surface area contributed by atoms with Gasteiger partial charge in [0.1, 0.15) is 11.8 Å². The number of imide groups is 1. The molecular formula is C16H13N3O5. The number of nitrogens with zero attached hydrogens (tertiary/aromatic N) is 2. The summed E-state index contributed by atoms with van der Waals surface area (Å²) in [5.74, 6) is -0.867. The predicted molar refractivity (Wildman–Crippen MR) is 85.7 cm³/mol. The fourth-order valence-corrected chi connectivity index (χ4v) is 2.53. The number of hydrogen-bond donors (Lipinski definition) is 2. The van der Waals surface area contributed by atoms with Crippen molar-refractivity contribution in [2.24, 2.45) is 0 Å². The van der Waals surface area contributed by atoms with Crippen molar-refractivity contribution in [1.82, 2.24) is 0 Å². The van der Waals surface area contributed by atoms with Crippen LogP contribution in [-0.2, 0) is 9.59 Å². The first-order chi connectivity index (χ1) is 11.5. The maximum absolute atomic E-state index is 12.5. The Morgan fingerprint density at radius 3 is 2.50 bits per heavy atom. The summed E-state index contributed by atoms with van der Waals surface area (Å²) in [5, 5.41) is 23.0. The molecule has 1 aliphatic heterocycles. The molecule has 1 saturated heterocycles. The Hall–Kier alpha value is -3.42. The van der Waals surface area contributed by atoms with E-state index >= 15 is 0 Å². The quantitative estimate of drug-likeness (QED) is 0.505. The van der Waals surface area contributed by atoms with Crippen LogP contribution in [0.25, 0.3) is 0 Å². The predicted octanol–water partition coefficient (Wildman–Crippen LogP) is 2.04. The Morgan fingerprint density at radius 1 is 1.17 bits per heavy atom. The van der Waals surface area contributed by atoms with Crippen LogP contribution in [0.5, 0.6) is 5.75 Å². The summed E-state index contributed by atoms with van der Waals surface area (Å²) in [6, 6.07) is 10.7. The van der Waals surface area contributed by atoms with Gasteiger partial charge in [-0.1, -0.05) is 6.07 Å². The number of carbonyl (C=O) groups is 2. The van der Waals surface area contributed by atoms with Crippen molar-refractivity contribution in [1.29, 1.82) is 0 Å². The minimum atomic E-state index is -0.763. The van der Waals surface area contributed by atoms with E-state index in [0.29, 0.717) is 11.4 Å². The van der Waals surface area contributed by atoms with Crippen LogP contribution in [0.4, 0.5) is 17.1 Å². The van der Waals surface area contributed by atoms with Crippen LogP contribution in [0.2, 0.25) is 0 Å². The van der Waals surface area contributed by atoms with E-state index in [2.05, 4.69) is 5.32 Å². The molecule has 1 heterocycles. The van der Waals surface area contributed by atoms with Gasteiger partial charge in [-0.2, -0.15) is 0 Å². The fourth-order valence-electron chi connectivity index (χ4n) is 2.53. The lowest BCUT2D eigenvalue weighted by Crippen LogP contribution is -2.34. The minimum Gasteiger partial charge on any atom is -0.508 e. The zero-order chi connectivity index (χ0) is 17.3. The highest BCUT2D eigenvalue weighted by atomic mass is 16.6. The SMILES string of the molecule is O=C1CC(Nc2ccc([N+](=O)[O-])cc2)C(=O)N1c1cccc(O)c1. The lowest BCUT2D eigenvalue weighted by atomic mass is 10.2. The van der Waals surface area contributed by atoms with Gasteiger partial charge in [0.05, 0.1) is 17.0 Å². The average molecular weight is 327 g/mol. The lowest BCUT2D eigenvalue weighted by molar-refractivity contribution is -0.384. The van der Waals surface area contributed by atoms with Crippen molar-refractivity contribution >= 4 is 28.9 Å². The first-order valence-electron chi connectivity index (χ1n) is 7.12. The topological polar surface area (TPSA) is 113 Å². The Labute approximate surface area is 136 Å². The molecule has 2 aromatic rings. The number of amides is 2. The third-order valence-electron chi connectivity index (χ3n) is 3.65. The molecule has 1 unspecified atom stereocenters. The van der Waals surface area contributed by atoms with Crippen LogP contribution in [-0.4, -0.2) is 27.9 Å². The number of rotatable bonds is 4. The van der Waals surface area contributed by atoms with Crippen LogP contribution >= 0.6 is 0 Å². The van der Waals surface area contributed by atoms with Crippen LogP contribution in [0.15, 0.2) is 48.5 Å². The molecule has 0 saturated carbocycles. The maximum Gasteiger partial charge on any atom is 0.269 e. The summed E-state index contributed by atoms with van der Waals surface area (Å²) in [7, 11) is 0. The molecule has 1 fully saturated rings. The van der Waals surface area contributed by atoms with E-state index < -0.39 is 16.9 Å². The van der Waals surface area contributed by atoms with Gasteiger partial charge in [0.15, 0.2) is 0 Å². The number of nitrogens with one attached hydrogen (secondary N) is 1. The summed E-state index contributed by atoms with van der Waals surface area (Å²) in [4.78, 5) is 35.7. The summed E-state index contributed by atoms with van der Waals surface area (Å²) in [6.45, 7) is 0. The molecule has 2 amide bonds. The smallest absolute Gasteiger partial charge is 0.269 e. The normalized spacial score (nSPS) is 17.2. The first-order valence-corrected chi connectivity index (χ1v) is 7.12. The molecular weight excluding hydrogens is 314 g/mol. The molecule has 0 spiro atoms. The number of benzene rings is 2. The third-order valence-corrected chi connectivity index (χ3v) is 3.65. The van der Waals surface area contributed by atoms with Gasteiger partial charge in [-0.15, -0.1) is 0 Å². The third kappa shape index (κ3) is 2.89. The van der Waals surface area contributed by atoms with E-state index in [1.165, 1.54) is 36.4 Å². The molecule has 24 heavy (non-hydrogen) atoms. The number of nitro benzene ring substituents is 1. The number of hydrogen-bond acceptors (Lipinski definition) is 6. The van der Waals surface area contributed by atoms with E-state index in [0.717, 1.165) is 4.90 Å². The molecule has 0 aliphatic carbocycles. The Kier molecular flexibility index (Phi) is 3.87. The Bertz CT molecular complexity index is 819. The number of carbonyl (C=O) groups excluding carboxylic acids is 2. The van der Waals surface area contributed by atoms with E-state index in [9.17, 15) is 24.8 Å². The lowest BCUT2D eigenvalue weighted by Gasteiger charge is -2.16. The molecule has 0 bridgehead atoms. The van der Waals surface area contributed by atoms with Gasteiger partial charge in [0.25, 0.3) is 11.6 Å². The van der Waals surface area contributed by atoms with Gasteiger partial charge in [-0.05, 0) is 24.3 Å². The van der Waals surface area contributed by atoms with Crippen molar-refractivity contribution in [3.8, 4) is 5.75 Å².